The predicted molar refractivity (Wildman–Crippen MR) is 171 cm³/mol. The molecule has 0 rings (SSSR count). The van der Waals surface area contributed by atoms with Gasteiger partial charge >= 0.3 is 23.9 Å². The first-order valence-electron chi connectivity index (χ1n) is 17.6. The molecule has 252 valence electrons. The second kappa shape index (κ2) is 31.3. The van der Waals surface area contributed by atoms with Crippen molar-refractivity contribution in [1.29, 1.82) is 0 Å². The first-order valence-corrected chi connectivity index (χ1v) is 17.6. The van der Waals surface area contributed by atoms with Crippen LogP contribution in [-0.4, -0.2) is 48.3 Å². The Hall–Kier alpha value is -2.12. The summed E-state index contributed by atoms with van der Waals surface area (Å²) >= 11 is 0. The standard InChI is InChI=1S/C35H64O8/c1-3-5-7-9-11-13-15-17-19-21-23-25-33(38)41-29-31(30-42-34(39)28-27-32(36)37)43-35(40)26-24-22-20-18-16-14-12-10-8-6-4-2/h31H,3-30H2,1-2H3,(H,36,37)/t31-/m1/s1. The number of carbonyl (C=O) groups is 4. The average Bonchev–Trinajstić information content (AvgIpc) is 2.98. The minimum atomic E-state index is -1.09. The van der Waals surface area contributed by atoms with Crippen molar-refractivity contribution in [2.75, 3.05) is 13.2 Å². The van der Waals surface area contributed by atoms with E-state index in [2.05, 4.69) is 13.8 Å². The highest BCUT2D eigenvalue weighted by Gasteiger charge is 2.20. The summed E-state index contributed by atoms with van der Waals surface area (Å²) in [6.07, 6.45) is 25.2. The summed E-state index contributed by atoms with van der Waals surface area (Å²) in [4.78, 5) is 47.2. The summed E-state index contributed by atoms with van der Waals surface area (Å²) in [5.74, 6) is -2.56. The molecule has 0 unspecified atom stereocenters. The monoisotopic (exact) mass is 612 g/mol. The van der Waals surface area contributed by atoms with E-state index in [1.54, 1.807) is 0 Å². The van der Waals surface area contributed by atoms with Gasteiger partial charge in [-0.05, 0) is 12.8 Å². The van der Waals surface area contributed by atoms with E-state index >= 15 is 0 Å². The fourth-order valence-electron chi connectivity index (χ4n) is 4.95. The van der Waals surface area contributed by atoms with E-state index in [1.807, 2.05) is 0 Å². The van der Waals surface area contributed by atoms with Crippen LogP contribution in [-0.2, 0) is 33.4 Å². The maximum absolute atomic E-state index is 12.4. The van der Waals surface area contributed by atoms with Crippen molar-refractivity contribution >= 4 is 23.9 Å². The van der Waals surface area contributed by atoms with Gasteiger partial charge in [0.2, 0.25) is 0 Å². The number of carboxylic acids is 1. The van der Waals surface area contributed by atoms with Gasteiger partial charge in [0.25, 0.3) is 0 Å². The second-order valence-electron chi connectivity index (χ2n) is 11.9. The third-order valence-electron chi connectivity index (χ3n) is 7.67. The number of aliphatic carboxylic acids is 1. The lowest BCUT2D eigenvalue weighted by Crippen LogP contribution is -2.31. The van der Waals surface area contributed by atoms with Crippen LogP contribution >= 0.6 is 0 Å². The Morgan fingerprint density at radius 1 is 0.442 bits per heavy atom. The number of hydrogen-bond donors (Lipinski definition) is 1. The zero-order valence-electron chi connectivity index (χ0n) is 27.7. The zero-order valence-corrected chi connectivity index (χ0v) is 27.7. The number of esters is 3. The van der Waals surface area contributed by atoms with Crippen LogP contribution < -0.4 is 0 Å². The fourth-order valence-corrected chi connectivity index (χ4v) is 4.95. The lowest BCUT2D eigenvalue weighted by Gasteiger charge is -2.18. The lowest BCUT2D eigenvalue weighted by molar-refractivity contribution is -0.167. The largest absolute Gasteiger partial charge is 0.481 e. The second-order valence-corrected chi connectivity index (χ2v) is 11.9. The molecule has 1 N–H and O–H groups in total. The summed E-state index contributed by atoms with van der Waals surface area (Å²) in [7, 11) is 0. The number of carboxylic acid groups (broad SMARTS) is 1. The number of unbranched alkanes of at least 4 members (excludes halogenated alkanes) is 20. The van der Waals surface area contributed by atoms with E-state index in [0.29, 0.717) is 6.42 Å². The molecular weight excluding hydrogens is 548 g/mol. The quantitative estimate of drug-likeness (QED) is 0.0454. The third kappa shape index (κ3) is 31.1. The summed E-state index contributed by atoms with van der Waals surface area (Å²) in [5, 5.41) is 8.75. The summed E-state index contributed by atoms with van der Waals surface area (Å²) in [6.45, 7) is 4.00. The van der Waals surface area contributed by atoms with Gasteiger partial charge in [-0.2, -0.15) is 0 Å². The molecule has 0 fully saturated rings. The van der Waals surface area contributed by atoms with Crippen LogP contribution in [0, 0.1) is 0 Å². The predicted octanol–water partition coefficient (Wildman–Crippen LogP) is 9.25. The topological polar surface area (TPSA) is 116 Å². The summed E-state index contributed by atoms with van der Waals surface area (Å²) < 4.78 is 15.9. The smallest absolute Gasteiger partial charge is 0.306 e. The molecule has 0 heterocycles. The Balaban J connectivity index is 4.21. The molecule has 1 atom stereocenters. The average molecular weight is 613 g/mol. The Kier molecular flexibility index (Phi) is 29.8. The number of hydrogen-bond acceptors (Lipinski definition) is 7. The van der Waals surface area contributed by atoms with Gasteiger partial charge in [-0.1, -0.05) is 142 Å². The highest BCUT2D eigenvalue weighted by Crippen LogP contribution is 2.14. The molecule has 0 aromatic heterocycles. The van der Waals surface area contributed by atoms with Gasteiger partial charge < -0.3 is 19.3 Å². The van der Waals surface area contributed by atoms with Crippen molar-refractivity contribution < 1.29 is 38.5 Å². The molecule has 0 amide bonds. The molecular formula is C35H64O8. The maximum atomic E-state index is 12.4. The molecule has 0 radical (unpaired) electrons. The van der Waals surface area contributed by atoms with Gasteiger partial charge in [0.1, 0.15) is 13.2 Å². The van der Waals surface area contributed by atoms with Crippen LogP contribution in [0.3, 0.4) is 0 Å². The molecule has 0 aliphatic carbocycles. The van der Waals surface area contributed by atoms with Gasteiger partial charge in [0.05, 0.1) is 12.8 Å². The van der Waals surface area contributed by atoms with Crippen molar-refractivity contribution in [3.05, 3.63) is 0 Å². The summed E-state index contributed by atoms with van der Waals surface area (Å²) in [5.41, 5.74) is 0. The molecule has 8 nitrogen and oxygen atoms in total. The van der Waals surface area contributed by atoms with Crippen LogP contribution in [0.25, 0.3) is 0 Å². The minimum Gasteiger partial charge on any atom is -0.481 e. The van der Waals surface area contributed by atoms with E-state index in [4.69, 9.17) is 19.3 Å². The molecule has 0 aromatic carbocycles. The number of rotatable bonds is 32. The van der Waals surface area contributed by atoms with Crippen molar-refractivity contribution in [2.24, 2.45) is 0 Å². The highest BCUT2D eigenvalue weighted by molar-refractivity contribution is 5.76. The minimum absolute atomic E-state index is 0.187. The van der Waals surface area contributed by atoms with Crippen LogP contribution in [0.15, 0.2) is 0 Å². The lowest BCUT2D eigenvalue weighted by atomic mass is 10.1. The van der Waals surface area contributed by atoms with Gasteiger partial charge in [-0.3, -0.25) is 19.2 Å². The summed E-state index contributed by atoms with van der Waals surface area (Å²) in [6, 6.07) is 0. The van der Waals surface area contributed by atoms with Crippen LogP contribution in [0.4, 0.5) is 0 Å². The van der Waals surface area contributed by atoms with Gasteiger partial charge in [0.15, 0.2) is 6.10 Å². The molecule has 0 saturated heterocycles. The number of ether oxygens (including phenoxy) is 3. The SMILES string of the molecule is CCCCCCCCCCCCCC(=O)OC[C@H](COC(=O)CCC(=O)O)OC(=O)CCCCCCCCCCCCC. The highest BCUT2D eigenvalue weighted by atomic mass is 16.6. The fraction of sp³-hybridized carbons (Fsp3) is 0.886. The molecule has 0 aliphatic rings. The van der Waals surface area contributed by atoms with E-state index in [1.165, 1.54) is 103 Å². The number of carbonyl (C=O) groups excluding carboxylic acids is 3. The van der Waals surface area contributed by atoms with E-state index < -0.39 is 24.0 Å². The molecule has 8 heteroatoms. The van der Waals surface area contributed by atoms with Crippen molar-refractivity contribution in [2.45, 2.75) is 187 Å². The molecule has 0 aliphatic heterocycles. The van der Waals surface area contributed by atoms with Gasteiger partial charge in [-0.15, -0.1) is 0 Å². The Morgan fingerprint density at radius 3 is 1.14 bits per heavy atom. The van der Waals surface area contributed by atoms with Crippen LogP contribution in [0.1, 0.15) is 181 Å². The van der Waals surface area contributed by atoms with E-state index in [-0.39, 0.29) is 38.4 Å². The molecule has 0 aromatic rings. The van der Waals surface area contributed by atoms with Crippen LogP contribution in [0.2, 0.25) is 0 Å². The van der Waals surface area contributed by atoms with Gasteiger partial charge in [-0.25, -0.2) is 0 Å². The first-order chi connectivity index (χ1) is 20.9. The zero-order chi connectivity index (χ0) is 31.8. The Labute approximate surface area is 262 Å². The van der Waals surface area contributed by atoms with Crippen molar-refractivity contribution in [1.82, 2.24) is 0 Å². The normalized spacial score (nSPS) is 11.7. The Bertz CT molecular complexity index is 693. The van der Waals surface area contributed by atoms with Crippen LogP contribution in [0.5, 0.6) is 0 Å². The molecule has 0 spiro atoms. The molecule has 43 heavy (non-hydrogen) atoms. The van der Waals surface area contributed by atoms with Gasteiger partial charge in [0, 0.05) is 12.8 Å². The van der Waals surface area contributed by atoms with Crippen molar-refractivity contribution in [3.63, 3.8) is 0 Å². The van der Waals surface area contributed by atoms with E-state index in [9.17, 15) is 19.2 Å². The Morgan fingerprint density at radius 2 is 0.767 bits per heavy atom. The molecule has 0 bridgehead atoms. The molecule has 0 saturated carbocycles. The van der Waals surface area contributed by atoms with E-state index in [0.717, 1.165) is 38.5 Å². The van der Waals surface area contributed by atoms with Crippen molar-refractivity contribution in [3.8, 4) is 0 Å². The maximum Gasteiger partial charge on any atom is 0.306 e. The first kappa shape index (κ1) is 40.9. The third-order valence-corrected chi connectivity index (χ3v) is 7.67.